The van der Waals surface area contributed by atoms with Gasteiger partial charge in [0, 0.05) is 17.6 Å². The van der Waals surface area contributed by atoms with Crippen LogP contribution in [-0.4, -0.2) is 37.0 Å². The van der Waals surface area contributed by atoms with E-state index in [1.165, 1.54) is 6.07 Å². The lowest BCUT2D eigenvalue weighted by molar-refractivity contribution is -0.131. The third kappa shape index (κ3) is 4.83. The Morgan fingerprint density at radius 2 is 2.27 bits per heavy atom. The Bertz CT molecular complexity index is 532. The van der Waals surface area contributed by atoms with Crippen molar-refractivity contribution in [1.29, 1.82) is 0 Å². The van der Waals surface area contributed by atoms with Crippen LogP contribution in [0.25, 0.3) is 0 Å². The SMILES string of the molecule is CC1(CN)CCN(C(=O)CCOc2ccc(Br)cc2F)C1.Cl. The van der Waals surface area contributed by atoms with Crippen molar-refractivity contribution >= 4 is 34.2 Å². The number of nitrogens with two attached hydrogens (primary N) is 1. The number of nitrogens with zero attached hydrogens (tertiary/aromatic N) is 1. The molecule has 0 bridgehead atoms. The van der Waals surface area contributed by atoms with Crippen molar-refractivity contribution in [1.82, 2.24) is 4.90 Å². The summed E-state index contributed by atoms with van der Waals surface area (Å²) in [6.07, 6.45) is 1.17. The number of carbonyl (C=O) groups is 1. The number of amides is 1. The zero-order valence-corrected chi connectivity index (χ0v) is 14.9. The third-order valence-corrected chi connectivity index (χ3v) is 4.36. The van der Waals surface area contributed by atoms with E-state index in [0.29, 0.717) is 17.6 Å². The summed E-state index contributed by atoms with van der Waals surface area (Å²) < 4.78 is 19.5. The van der Waals surface area contributed by atoms with Crippen molar-refractivity contribution in [3.05, 3.63) is 28.5 Å². The topological polar surface area (TPSA) is 55.6 Å². The molecule has 124 valence electrons. The molecule has 1 aliphatic heterocycles. The first-order valence-corrected chi connectivity index (χ1v) is 7.78. The number of hydrogen-bond donors (Lipinski definition) is 1. The molecule has 1 aromatic rings. The number of likely N-dealkylation sites (tertiary alicyclic amines) is 1. The average molecular weight is 396 g/mol. The number of hydrogen-bond acceptors (Lipinski definition) is 3. The molecule has 1 unspecified atom stereocenters. The van der Waals surface area contributed by atoms with Gasteiger partial charge < -0.3 is 15.4 Å². The van der Waals surface area contributed by atoms with Crippen molar-refractivity contribution in [3.63, 3.8) is 0 Å². The van der Waals surface area contributed by atoms with Gasteiger partial charge in [0.25, 0.3) is 0 Å². The Morgan fingerprint density at radius 3 is 2.86 bits per heavy atom. The summed E-state index contributed by atoms with van der Waals surface area (Å²) in [6.45, 7) is 4.27. The maximum atomic E-state index is 13.6. The molecule has 0 spiro atoms. The van der Waals surface area contributed by atoms with Crippen LogP contribution in [0, 0.1) is 11.2 Å². The van der Waals surface area contributed by atoms with Gasteiger partial charge in [-0.3, -0.25) is 4.79 Å². The lowest BCUT2D eigenvalue weighted by Crippen LogP contribution is -2.35. The number of ether oxygens (including phenoxy) is 1. The third-order valence-electron chi connectivity index (χ3n) is 3.87. The van der Waals surface area contributed by atoms with E-state index in [0.717, 1.165) is 13.0 Å². The van der Waals surface area contributed by atoms with Gasteiger partial charge in [-0.15, -0.1) is 12.4 Å². The summed E-state index contributed by atoms with van der Waals surface area (Å²) in [5.41, 5.74) is 5.75. The zero-order chi connectivity index (χ0) is 15.5. The van der Waals surface area contributed by atoms with Gasteiger partial charge in [-0.2, -0.15) is 0 Å². The second-order valence-electron chi connectivity index (χ2n) is 5.75. The van der Waals surface area contributed by atoms with E-state index in [9.17, 15) is 9.18 Å². The van der Waals surface area contributed by atoms with E-state index in [1.54, 1.807) is 12.1 Å². The van der Waals surface area contributed by atoms with Crippen LogP contribution in [0.5, 0.6) is 5.75 Å². The van der Waals surface area contributed by atoms with Gasteiger partial charge in [-0.05, 0) is 36.6 Å². The number of halogens is 3. The molecule has 1 aliphatic rings. The number of carbonyl (C=O) groups excluding carboxylic acids is 1. The van der Waals surface area contributed by atoms with E-state index in [2.05, 4.69) is 22.9 Å². The van der Waals surface area contributed by atoms with Crippen LogP contribution in [0.4, 0.5) is 4.39 Å². The molecule has 1 saturated heterocycles. The number of benzene rings is 1. The molecule has 1 heterocycles. The van der Waals surface area contributed by atoms with E-state index in [-0.39, 0.29) is 42.5 Å². The van der Waals surface area contributed by atoms with E-state index < -0.39 is 5.82 Å². The summed E-state index contributed by atoms with van der Waals surface area (Å²) in [6, 6.07) is 4.59. The van der Waals surface area contributed by atoms with Crippen LogP contribution in [0.2, 0.25) is 0 Å². The highest BCUT2D eigenvalue weighted by atomic mass is 79.9. The minimum Gasteiger partial charge on any atom is -0.490 e. The predicted octanol–water partition coefficient (Wildman–Crippen LogP) is 2.98. The van der Waals surface area contributed by atoms with Gasteiger partial charge in [-0.1, -0.05) is 22.9 Å². The van der Waals surface area contributed by atoms with Crippen molar-refractivity contribution in [2.24, 2.45) is 11.1 Å². The van der Waals surface area contributed by atoms with Gasteiger partial charge in [0.05, 0.1) is 13.0 Å². The molecule has 4 nitrogen and oxygen atoms in total. The lowest BCUT2D eigenvalue weighted by Gasteiger charge is -2.22. The minimum atomic E-state index is -0.436. The molecule has 2 rings (SSSR count). The molecule has 1 atom stereocenters. The number of rotatable bonds is 5. The van der Waals surface area contributed by atoms with Crippen LogP contribution in [-0.2, 0) is 4.79 Å². The van der Waals surface area contributed by atoms with Crippen molar-refractivity contribution in [3.8, 4) is 5.75 Å². The first-order chi connectivity index (χ1) is 9.93. The minimum absolute atomic E-state index is 0. The van der Waals surface area contributed by atoms with Gasteiger partial charge >= 0.3 is 0 Å². The van der Waals surface area contributed by atoms with Gasteiger partial charge in [0.2, 0.25) is 5.91 Å². The Balaban J connectivity index is 0.00000242. The molecule has 22 heavy (non-hydrogen) atoms. The van der Waals surface area contributed by atoms with Crippen LogP contribution in [0.1, 0.15) is 19.8 Å². The fourth-order valence-electron chi connectivity index (χ4n) is 2.40. The van der Waals surface area contributed by atoms with Gasteiger partial charge in [0.1, 0.15) is 0 Å². The smallest absolute Gasteiger partial charge is 0.226 e. The molecule has 1 amide bonds. The van der Waals surface area contributed by atoms with E-state index in [4.69, 9.17) is 10.5 Å². The lowest BCUT2D eigenvalue weighted by atomic mass is 9.90. The van der Waals surface area contributed by atoms with Crippen molar-refractivity contribution in [2.75, 3.05) is 26.2 Å². The molecule has 7 heteroatoms. The summed E-state index contributed by atoms with van der Waals surface area (Å²) in [5.74, 6) is -0.238. The molecule has 1 aromatic carbocycles. The maximum Gasteiger partial charge on any atom is 0.226 e. The molecule has 0 aliphatic carbocycles. The monoisotopic (exact) mass is 394 g/mol. The Kier molecular flexibility index (Phi) is 7.09. The Morgan fingerprint density at radius 1 is 1.55 bits per heavy atom. The molecule has 0 saturated carbocycles. The summed E-state index contributed by atoms with van der Waals surface area (Å²) in [5, 5.41) is 0. The fourth-order valence-corrected chi connectivity index (χ4v) is 2.74. The Labute approximate surface area is 144 Å². The summed E-state index contributed by atoms with van der Waals surface area (Å²) >= 11 is 3.18. The standard InChI is InChI=1S/C15H20BrFN2O2.ClH/c1-15(9-18)5-6-19(10-15)14(20)4-7-21-13-3-2-11(16)8-12(13)17;/h2-3,8H,4-7,9-10,18H2,1H3;1H. The van der Waals surface area contributed by atoms with E-state index in [1.807, 2.05) is 4.90 Å². The molecular weight excluding hydrogens is 375 g/mol. The highest BCUT2D eigenvalue weighted by molar-refractivity contribution is 9.10. The average Bonchev–Trinajstić information content (AvgIpc) is 2.85. The molecule has 0 aromatic heterocycles. The van der Waals surface area contributed by atoms with Crippen LogP contribution >= 0.6 is 28.3 Å². The first-order valence-electron chi connectivity index (χ1n) is 6.99. The largest absolute Gasteiger partial charge is 0.490 e. The maximum absolute atomic E-state index is 13.6. The Hall–Kier alpha value is -0.850. The molecule has 1 fully saturated rings. The van der Waals surface area contributed by atoms with Crippen LogP contribution in [0.15, 0.2) is 22.7 Å². The van der Waals surface area contributed by atoms with Crippen LogP contribution in [0.3, 0.4) is 0 Å². The summed E-state index contributed by atoms with van der Waals surface area (Å²) in [4.78, 5) is 13.9. The van der Waals surface area contributed by atoms with Crippen molar-refractivity contribution < 1.29 is 13.9 Å². The predicted molar refractivity (Wildman–Crippen MR) is 89.8 cm³/mol. The van der Waals surface area contributed by atoms with Crippen molar-refractivity contribution in [2.45, 2.75) is 19.8 Å². The molecule has 2 N–H and O–H groups in total. The van der Waals surface area contributed by atoms with Gasteiger partial charge in [0.15, 0.2) is 11.6 Å². The first kappa shape index (κ1) is 19.2. The highest BCUT2D eigenvalue weighted by Gasteiger charge is 2.34. The molecular formula is C15H21BrClFN2O2. The second kappa shape index (κ2) is 8.13. The highest BCUT2D eigenvalue weighted by Crippen LogP contribution is 2.28. The van der Waals surface area contributed by atoms with Crippen LogP contribution < -0.4 is 10.5 Å². The summed E-state index contributed by atoms with van der Waals surface area (Å²) in [7, 11) is 0. The fraction of sp³-hybridized carbons (Fsp3) is 0.533. The van der Waals surface area contributed by atoms with Gasteiger partial charge in [-0.25, -0.2) is 4.39 Å². The molecule has 0 radical (unpaired) electrons. The zero-order valence-electron chi connectivity index (χ0n) is 12.5. The van der Waals surface area contributed by atoms with E-state index >= 15 is 0 Å². The quantitative estimate of drug-likeness (QED) is 0.834. The normalized spacial score (nSPS) is 20.6. The second-order valence-corrected chi connectivity index (χ2v) is 6.67.